The molecule has 5 aromatic heterocycles. The van der Waals surface area contributed by atoms with Crippen molar-refractivity contribution in [3.63, 3.8) is 0 Å². The van der Waals surface area contributed by atoms with Gasteiger partial charge in [-0.2, -0.15) is 0 Å². The van der Waals surface area contributed by atoms with Crippen LogP contribution in [0.4, 0.5) is 5.82 Å². The Balaban J connectivity index is 0.000000247. The molecular formula is C48H48Cl2I2N8O7. The van der Waals surface area contributed by atoms with E-state index in [4.69, 9.17) is 33.4 Å². The van der Waals surface area contributed by atoms with Crippen molar-refractivity contribution < 1.29 is 33.4 Å². The number of aromatic nitrogens is 6. The van der Waals surface area contributed by atoms with Gasteiger partial charge in [-0.3, -0.25) is 19.7 Å². The second kappa shape index (κ2) is 23.4. The van der Waals surface area contributed by atoms with E-state index in [1.807, 2.05) is 38.1 Å². The summed E-state index contributed by atoms with van der Waals surface area (Å²) in [5, 5.41) is 24.9. The molecule has 19 heteroatoms. The quantitative estimate of drug-likeness (QED) is 0.0953. The molecule has 5 heterocycles. The van der Waals surface area contributed by atoms with E-state index in [9.17, 15) is 19.5 Å². The van der Waals surface area contributed by atoms with E-state index in [2.05, 4.69) is 90.1 Å². The van der Waals surface area contributed by atoms with Crippen LogP contribution in [0.2, 0.25) is 10.0 Å². The number of amides is 1. The molecule has 0 saturated heterocycles. The predicted octanol–water partition coefficient (Wildman–Crippen LogP) is 10.8. The van der Waals surface area contributed by atoms with Crippen LogP contribution in [-0.2, 0) is 28.0 Å². The number of nitrogens with zero attached hydrogens (tertiary/aromatic N) is 6. The number of carbonyl (C=O) groups excluding carboxylic acids is 3. The normalized spacial score (nSPS) is 10.7. The summed E-state index contributed by atoms with van der Waals surface area (Å²) in [5.74, 6) is -0.602. The number of esters is 2. The molecule has 0 radical (unpaired) electrons. The van der Waals surface area contributed by atoms with E-state index >= 15 is 0 Å². The Bertz CT molecular complexity index is 3090. The number of carbonyl (C=O) groups is 3. The van der Waals surface area contributed by atoms with Crippen molar-refractivity contribution in [2.75, 3.05) is 20.0 Å². The van der Waals surface area contributed by atoms with Crippen LogP contribution in [0, 0.1) is 21.0 Å². The number of ether oxygens (including phenoxy) is 2. The Kier molecular flexibility index (Phi) is 18.9. The van der Waals surface area contributed by atoms with Crippen LogP contribution in [0.15, 0.2) is 89.7 Å². The Hall–Kier alpha value is -5.61. The number of anilines is 1. The fourth-order valence-corrected chi connectivity index (χ4v) is 8.55. The third-order valence-corrected chi connectivity index (χ3v) is 11.7. The monoisotopic (exact) mass is 1170 g/mol. The van der Waals surface area contributed by atoms with E-state index < -0.39 is 11.5 Å². The van der Waals surface area contributed by atoms with Gasteiger partial charge in [0.05, 0.1) is 64.0 Å². The summed E-state index contributed by atoms with van der Waals surface area (Å²) in [6, 6.07) is 19.9. The van der Waals surface area contributed by atoms with Gasteiger partial charge in [-0.25, -0.2) is 14.6 Å². The number of fused-ring (bicyclic) bond motifs is 3. The summed E-state index contributed by atoms with van der Waals surface area (Å²) >= 11 is 16.3. The van der Waals surface area contributed by atoms with E-state index in [0.29, 0.717) is 38.1 Å². The molecule has 8 aromatic rings. The summed E-state index contributed by atoms with van der Waals surface area (Å²) in [7, 11) is 2.73. The molecule has 67 heavy (non-hydrogen) atoms. The fourth-order valence-electron chi connectivity index (χ4n) is 6.64. The SMILES string of the molecule is C.C.COC(=O)c1cc(I)c2ncc(Cl)cc2c1.COC(=O)c1cc(I)c2ncccc2c1.Cc1cc(N)nc(C)c1CNC(=O)c1nnc(Cc2cc(C(C)(C)O)c3ncc(Cl)cc3c2)o1. The molecule has 0 aliphatic rings. The van der Waals surface area contributed by atoms with E-state index in [0.717, 1.165) is 56.7 Å². The minimum Gasteiger partial charge on any atom is -0.465 e. The summed E-state index contributed by atoms with van der Waals surface area (Å²) in [6.45, 7) is 7.39. The number of aryl methyl sites for hydroxylation is 2. The van der Waals surface area contributed by atoms with Gasteiger partial charge in [-0.1, -0.05) is 50.2 Å². The molecule has 0 aliphatic carbocycles. The number of nitrogens with two attached hydrogens (primary N) is 1. The van der Waals surface area contributed by atoms with Crippen molar-refractivity contribution >= 4 is 125 Å². The summed E-state index contributed by atoms with van der Waals surface area (Å²) in [4.78, 5) is 52.4. The average molecular weight is 1170 g/mol. The van der Waals surface area contributed by atoms with Crippen LogP contribution >= 0.6 is 68.4 Å². The molecule has 0 spiro atoms. The van der Waals surface area contributed by atoms with Gasteiger partial charge >= 0.3 is 23.7 Å². The van der Waals surface area contributed by atoms with E-state index in [1.54, 1.807) is 74.9 Å². The number of nitrogens with one attached hydrogen (secondary N) is 1. The van der Waals surface area contributed by atoms with Crippen molar-refractivity contribution in [1.29, 1.82) is 0 Å². The number of benzene rings is 3. The third-order valence-electron chi connectivity index (χ3n) is 9.69. The predicted molar refractivity (Wildman–Crippen MR) is 278 cm³/mol. The van der Waals surface area contributed by atoms with Gasteiger partial charge in [0, 0.05) is 59.7 Å². The molecule has 350 valence electrons. The van der Waals surface area contributed by atoms with E-state index in [-0.39, 0.29) is 51.5 Å². The number of pyridine rings is 4. The molecule has 4 N–H and O–H groups in total. The molecule has 0 saturated carbocycles. The first kappa shape index (κ1) is 54.0. The minimum absolute atomic E-state index is 0. The van der Waals surface area contributed by atoms with Crippen molar-refractivity contribution in [3.8, 4) is 0 Å². The van der Waals surface area contributed by atoms with Crippen LogP contribution in [0.1, 0.15) is 93.9 Å². The smallest absolute Gasteiger partial charge is 0.337 e. The van der Waals surface area contributed by atoms with Gasteiger partial charge in [-0.05, 0) is 144 Å². The first-order valence-corrected chi connectivity index (χ1v) is 22.4. The maximum atomic E-state index is 12.6. The Labute approximate surface area is 424 Å². The topological polar surface area (TPSA) is 218 Å². The molecule has 15 nitrogen and oxygen atoms in total. The zero-order chi connectivity index (χ0) is 47.2. The molecule has 0 atom stereocenters. The molecule has 0 aliphatic heterocycles. The molecule has 8 rings (SSSR count). The van der Waals surface area contributed by atoms with Gasteiger partial charge in [0.25, 0.3) is 0 Å². The number of methoxy groups -OCH3 is 2. The molecule has 1 amide bonds. The number of aliphatic hydroxyl groups is 1. The first-order chi connectivity index (χ1) is 30.8. The molecule has 0 fully saturated rings. The number of rotatable bonds is 8. The lowest BCUT2D eigenvalue weighted by molar-refractivity contribution is 0.0592. The van der Waals surface area contributed by atoms with Crippen molar-refractivity contribution in [2.45, 2.75) is 61.1 Å². The number of hydrogen-bond donors (Lipinski definition) is 3. The van der Waals surface area contributed by atoms with Gasteiger partial charge in [0.15, 0.2) is 0 Å². The summed E-state index contributed by atoms with van der Waals surface area (Å²) in [5.41, 5.74) is 12.1. The van der Waals surface area contributed by atoms with Crippen LogP contribution < -0.4 is 11.1 Å². The summed E-state index contributed by atoms with van der Waals surface area (Å²) < 4.78 is 16.8. The highest BCUT2D eigenvalue weighted by atomic mass is 127. The lowest BCUT2D eigenvalue weighted by Gasteiger charge is -2.20. The Morgan fingerprint density at radius 2 is 1.36 bits per heavy atom. The molecule has 0 unspecified atom stereocenters. The Morgan fingerprint density at radius 1 is 0.791 bits per heavy atom. The maximum absolute atomic E-state index is 12.6. The molecule has 3 aromatic carbocycles. The second-order valence-corrected chi connectivity index (χ2v) is 18.1. The van der Waals surface area contributed by atoms with Crippen LogP contribution in [0.25, 0.3) is 32.7 Å². The maximum Gasteiger partial charge on any atom is 0.337 e. The average Bonchev–Trinajstić information content (AvgIpc) is 3.73. The lowest BCUT2D eigenvalue weighted by atomic mass is 9.92. The van der Waals surface area contributed by atoms with E-state index in [1.165, 1.54) is 14.2 Å². The zero-order valence-electron chi connectivity index (χ0n) is 35.7. The zero-order valence-corrected chi connectivity index (χ0v) is 41.5. The largest absolute Gasteiger partial charge is 0.465 e. The molecule has 0 bridgehead atoms. The van der Waals surface area contributed by atoms with Crippen molar-refractivity contribution in [2.24, 2.45) is 0 Å². The first-order valence-electron chi connectivity index (χ1n) is 19.4. The summed E-state index contributed by atoms with van der Waals surface area (Å²) in [6.07, 6.45) is 5.14. The van der Waals surface area contributed by atoms with Gasteiger partial charge < -0.3 is 30.0 Å². The standard InChI is InChI=1S/C24H25ClN6O3.C11H7ClINO2.C11H8INO2.2CH4/c1-12-5-19(26)29-13(2)17(12)11-28-22(32)23-31-30-20(34-23)8-14-6-15-9-16(25)10-27-21(15)18(7-14)24(3,4)33;1-16-11(15)7-2-6-3-8(12)5-14-10(6)9(13)4-7;1-15-11(14)8-5-7-3-2-4-13-10(7)9(12)6-8;;/h5-7,9-10,33H,8,11H2,1-4H3,(H2,26,29)(H,28,32);2-5H,1H3;2-6H,1H3;2*1H4. The third kappa shape index (κ3) is 13.5. The number of nitrogen functional groups attached to an aromatic ring is 1. The number of hydrogen-bond acceptors (Lipinski definition) is 14. The highest BCUT2D eigenvalue weighted by Gasteiger charge is 2.23. The highest BCUT2D eigenvalue weighted by Crippen LogP contribution is 2.31. The fraction of sp³-hybridized carbons (Fsp3) is 0.229. The van der Waals surface area contributed by atoms with Gasteiger partial charge in [0.2, 0.25) is 5.89 Å². The van der Waals surface area contributed by atoms with Crippen molar-refractivity contribution in [3.05, 3.63) is 153 Å². The van der Waals surface area contributed by atoms with Crippen molar-refractivity contribution in [1.82, 2.24) is 35.5 Å². The Morgan fingerprint density at radius 3 is 1.94 bits per heavy atom. The second-order valence-electron chi connectivity index (χ2n) is 14.9. The van der Waals surface area contributed by atoms with Gasteiger partial charge in [0.1, 0.15) is 5.82 Å². The number of halogens is 4. The van der Waals surface area contributed by atoms with Crippen LogP contribution in [0.3, 0.4) is 0 Å². The van der Waals surface area contributed by atoms with Gasteiger partial charge in [-0.15, -0.1) is 10.2 Å². The molecular weight excluding hydrogens is 1130 g/mol. The van der Waals surface area contributed by atoms with Crippen LogP contribution in [-0.4, -0.2) is 67.3 Å². The highest BCUT2D eigenvalue weighted by molar-refractivity contribution is 14.1. The van der Waals surface area contributed by atoms with Crippen LogP contribution in [0.5, 0.6) is 0 Å². The lowest BCUT2D eigenvalue weighted by Crippen LogP contribution is -2.24. The minimum atomic E-state index is -1.12.